The number of ether oxygens (including phenoxy) is 1. The van der Waals surface area contributed by atoms with Gasteiger partial charge in [-0.15, -0.1) is 0 Å². The highest BCUT2D eigenvalue weighted by Crippen LogP contribution is 2.26. The average Bonchev–Trinajstić information content (AvgIpc) is 2.25. The first-order valence-corrected chi connectivity index (χ1v) is 5.65. The molecular formula is C13H22N2O. The van der Waals surface area contributed by atoms with Crippen LogP contribution in [0.25, 0.3) is 0 Å². The van der Waals surface area contributed by atoms with Crippen molar-refractivity contribution in [1.29, 1.82) is 0 Å². The molecule has 0 aromatic heterocycles. The van der Waals surface area contributed by atoms with Crippen LogP contribution < -0.4 is 10.6 Å². The number of methoxy groups -OCH3 is 1. The van der Waals surface area contributed by atoms with Crippen molar-refractivity contribution in [2.45, 2.75) is 19.8 Å². The minimum absolute atomic E-state index is 0.471. The Bertz CT molecular complexity index is 337. The van der Waals surface area contributed by atoms with Gasteiger partial charge in [-0.05, 0) is 23.6 Å². The lowest BCUT2D eigenvalue weighted by molar-refractivity contribution is 0.206. The van der Waals surface area contributed by atoms with Gasteiger partial charge in [0.1, 0.15) is 0 Å². The van der Waals surface area contributed by atoms with Crippen molar-refractivity contribution in [3.8, 4) is 0 Å². The molecule has 16 heavy (non-hydrogen) atoms. The Hall–Kier alpha value is -1.22. The number of nitrogen functional groups attached to an aromatic ring is 1. The van der Waals surface area contributed by atoms with Crippen LogP contribution in [0.15, 0.2) is 18.2 Å². The topological polar surface area (TPSA) is 38.5 Å². The van der Waals surface area contributed by atoms with Gasteiger partial charge in [0.05, 0.1) is 6.61 Å². The lowest BCUT2D eigenvalue weighted by Gasteiger charge is -2.20. The van der Waals surface area contributed by atoms with Crippen LogP contribution in [-0.4, -0.2) is 27.3 Å². The van der Waals surface area contributed by atoms with E-state index in [0.717, 1.165) is 24.5 Å². The van der Waals surface area contributed by atoms with Crippen LogP contribution in [0.1, 0.15) is 25.3 Å². The number of hydrogen-bond donors (Lipinski definition) is 1. The van der Waals surface area contributed by atoms with E-state index in [1.54, 1.807) is 7.11 Å². The standard InChI is InChI=1S/C13H22N2O/c1-10(2)12-6-5-11(9-13(12)14)15(3)7-8-16-4/h5-6,9-10H,7-8,14H2,1-4H3. The monoisotopic (exact) mass is 222 g/mol. The van der Waals surface area contributed by atoms with Crippen LogP contribution in [0.5, 0.6) is 0 Å². The van der Waals surface area contributed by atoms with Crippen LogP contribution >= 0.6 is 0 Å². The van der Waals surface area contributed by atoms with Gasteiger partial charge in [0.2, 0.25) is 0 Å². The molecule has 0 atom stereocenters. The van der Waals surface area contributed by atoms with E-state index in [0.29, 0.717) is 5.92 Å². The van der Waals surface area contributed by atoms with Crippen molar-refractivity contribution in [3.63, 3.8) is 0 Å². The first kappa shape index (κ1) is 12.8. The van der Waals surface area contributed by atoms with E-state index in [9.17, 15) is 0 Å². The van der Waals surface area contributed by atoms with E-state index in [2.05, 4.69) is 30.9 Å². The first-order chi connectivity index (χ1) is 7.56. The van der Waals surface area contributed by atoms with Gasteiger partial charge in [-0.2, -0.15) is 0 Å². The minimum Gasteiger partial charge on any atom is -0.398 e. The second-order valence-electron chi connectivity index (χ2n) is 4.38. The number of hydrogen-bond acceptors (Lipinski definition) is 3. The Labute approximate surface area is 98.2 Å². The smallest absolute Gasteiger partial charge is 0.0637 e. The summed E-state index contributed by atoms with van der Waals surface area (Å²) in [7, 11) is 3.76. The van der Waals surface area contributed by atoms with Crippen molar-refractivity contribution in [2.75, 3.05) is 37.9 Å². The lowest BCUT2D eigenvalue weighted by atomic mass is 10.0. The zero-order valence-electron chi connectivity index (χ0n) is 10.7. The maximum atomic E-state index is 6.03. The van der Waals surface area contributed by atoms with Gasteiger partial charge >= 0.3 is 0 Å². The van der Waals surface area contributed by atoms with Crippen molar-refractivity contribution < 1.29 is 4.74 Å². The Kier molecular flexibility index (Phi) is 4.62. The van der Waals surface area contributed by atoms with Crippen molar-refractivity contribution in [3.05, 3.63) is 23.8 Å². The fourth-order valence-corrected chi connectivity index (χ4v) is 1.68. The summed E-state index contributed by atoms with van der Waals surface area (Å²) in [4.78, 5) is 2.14. The first-order valence-electron chi connectivity index (χ1n) is 5.65. The van der Waals surface area contributed by atoms with Crippen LogP contribution in [0.4, 0.5) is 11.4 Å². The summed E-state index contributed by atoms with van der Waals surface area (Å²) in [5.41, 5.74) is 9.25. The Morgan fingerprint density at radius 2 is 2.06 bits per heavy atom. The molecule has 1 rings (SSSR count). The molecule has 0 fully saturated rings. The molecule has 3 nitrogen and oxygen atoms in total. The van der Waals surface area contributed by atoms with E-state index in [-0.39, 0.29) is 0 Å². The molecule has 1 aromatic carbocycles. The summed E-state index contributed by atoms with van der Waals surface area (Å²) in [6, 6.07) is 6.25. The zero-order chi connectivity index (χ0) is 12.1. The molecule has 90 valence electrons. The second kappa shape index (κ2) is 5.75. The second-order valence-corrected chi connectivity index (χ2v) is 4.38. The van der Waals surface area contributed by atoms with Crippen molar-refractivity contribution in [2.24, 2.45) is 0 Å². The Morgan fingerprint density at radius 3 is 2.56 bits per heavy atom. The molecule has 0 aliphatic carbocycles. The maximum Gasteiger partial charge on any atom is 0.0637 e. The predicted octanol–water partition coefficient (Wildman–Crippen LogP) is 2.47. The molecule has 0 aliphatic heterocycles. The third-order valence-corrected chi connectivity index (χ3v) is 2.76. The highest BCUT2D eigenvalue weighted by molar-refractivity contribution is 5.60. The summed E-state index contributed by atoms with van der Waals surface area (Å²) < 4.78 is 5.05. The van der Waals surface area contributed by atoms with E-state index in [1.807, 2.05) is 13.1 Å². The van der Waals surface area contributed by atoms with Crippen LogP contribution in [0.2, 0.25) is 0 Å². The molecule has 0 bridgehead atoms. The third-order valence-electron chi connectivity index (χ3n) is 2.76. The fourth-order valence-electron chi connectivity index (χ4n) is 1.68. The molecule has 0 unspecified atom stereocenters. The van der Waals surface area contributed by atoms with Gasteiger partial charge in [0.15, 0.2) is 0 Å². The van der Waals surface area contributed by atoms with Gasteiger partial charge < -0.3 is 15.4 Å². The van der Waals surface area contributed by atoms with Crippen molar-refractivity contribution >= 4 is 11.4 Å². The van der Waals surface area contributed by atoms with E-state index < -0.39 is 0 Å². The minimum atomic E-state index is 0.471. The molecular weight excluding hydrogens is 200 g/mol. The van der Waals surface area contributed by atoms with Crippen LogP contribution in [0.3, 0.4) is 0 Å². The van der Waals surface area contributed by atoms with Gasteiger partial charge in [0.25, 0.3) is 0 Å². The lowest BCUT2D eigenvalue weighted by Crippen LogP contribution is -2.22. The number of rotatable bonds is 5. The molecule has 0 saturated carbocycles. The predicted molar refractivity (Wildman–Crippen MR) is 70.1 cm³/mol. The fraction of sp³-hybridized carbons (Fsp3) is 0.538. The quantitative estimate of drug-likeness (QED) is 0.778. The zero-order valence-corrected chi connectivity index (χ0v) is 10.7. The molecule has 0 spiro atoms. The van der Waals surface area contributed by atoms with Gasteiger partial charge in [-0.1, -0.05) is 19.9 Å². The third kappa shape index (κ3) is 3.14. The number of nitrogens with zero attached hydrogens (tertiary/aromatic N) is 1. The largest absolute Gasteiger partial charge is 0.398 e. The molecule has 0 aliphatic rings. The Morgan fingerprint density at radius 1 is 1.38 bits per heavy atom. The number of anilines is 2. The SMILES string of the molecule is COCCN(C)c1ccc(C(C)C)c(N)c1. The molecule has 0 saturated heterocycles. The summed E-state index contributed by atoms with van der Waals surface area (Å²) in [5.74, 6) is 0.471. The maximum absolute atomic E-state index is 6.03. The van der Waals surface area contributed by atoms with Gasteiger partial charge in [-0.25, -0.2) is 0 Å². The summed E-state index contributed by atoms with van der Waals surface area (Å²) in [6.07, 6.45) is 0. The molecule has 1 aromatic rings. The van der Waals surface area contributed by atoms with Crippen LogP contribution in [-0.2, 0) is 4.74 Å². The van der Waals surface area contributed by atoms with E-state index in [4.69, 9.17) is 10.5 Å². The number of nitrogens with two attached hydrogens (primary N) is 1. The summed E-state index contributed by atoms with van der Waals surface area (Å²) >= 11 is 0. The molecule has 3 heteroatoms. The van der Waals surface area contributed by atoms with Crippen LogP contribution in [0, 0.1) is 0 Å². The molecule has 0 amide bonds. The summed E-state index contributed by atoms with van der Waals surface area (Å²) in [6.45, 7) is 5.90. The summed E-state index contributed by atoms with van der Waals surface area (Å²) in [5, 5.41) is 0. The molecule has 2 N–H and O–H groups in total. The van der Waals surface area contributed by atoms with E-state index in [1.165, 1.54) is 5.56 Å². The molecule has 0 heterocycles. The number of likely N-dealkylation sites (N-methyl/N-ethyl adjacent to an activating group) is 1. The molecule has 0 radical (unpaired) electrons. The van der Waals surface area contributed by atoms with E-state index >= 15 is 0 Å². The van der Waals surface area contributed by atoms with Gasteiger partial charge in [0, 0.05) is 32.1 Å². The highest BCUT2D eigenvalue weighted by Gasteiger charge is 2.07. The van der Waals surface area contributed by atoms with Gasteiger partial charge in [-0.3, -0.25) is 0 Å². The number of benzene rings is 1. The van der Waals surface area contributed by atoms with Crippen molar-refractivity contribution in [1.82, 2.24) is 0 Å². The average molecular weight is 222 g/mol. The normalized spacial score (nSPS) is 10.8. The Balaban J connectivity index is 2.80. The highest BCUT2D eigenvalue weighted by atomic mass is 16.5.